The van der Waals surface area contributed by atoms with Crippen molar-refractivity contribution in [2.75, 3.05) is 0 Å². The van der Waals surface area contributed by atoms with Gasteiger partial charge in [0.25, 0.3) is 0 Å². The molecular weight excluding hydrogens is 224 g/mol. The van der Waals surface area contributed by atoms with Gasteiger partial charge in [-0.2, -0.15) is 0 Å². The largest absolute Gasteiger partial charge is 0.478 e. The van der Waals surface area contributed by atoms with E-state index < -0.39 is 5.97 Å². The van der Waals surface area contributed by atoms with Gasteiger partial charge in [-0.25, -0.2) is 4.79 Å². The van der Waals surface area contributed by atoms with Crippen LogP contribution in [0.15, 0.2) is 48.5 Å². The molecular formula is C16H12O2. The molecule has 18 heavy (non-hydrogen) atoms. The average molecular weight is 236 g/mol. The van der Waals surface area contributed by atoms with Gasteiger partial charge in [0.15, 0.2) is 0 Å². The van der Waals surface area contributed by atoms with E-state index in [2.05, 4.69) is 12.1 Å². The lowest BCUT2D eigenvalue weighted by Gasteiger charge is -2.02. The van der Waals surface area contributed by atoms with E-state index in [-0.39, 0.29) is 0 Å². The molecule has 0 aromatic heterocycles. The average Bonchev–Trinajstić information content (AvgIpc) is 2.63. The van der Waals surface area contributed by atoms with E-state index in [1.807, 2.05) is 37.3 Å². The number of hydrogen-bond donors (Lipinski definition) is 1. The molecule has 0 radical (unpaired) electrons. The topological polar surface area (TPSA) is 37.3 Å². The fourth-order valence-corrected chi connectivity index (χ4v) is 2.49. The number of aliphatic carboxylic acids is 1. The Hall–Kier alpha value is -2.35. The SMILES string of the molecule is Cc1ccc2c(c1)/C(=C/C(=O)O)c1ccccc1-2. The molecule has 2 aromatic carbocycles. The lowest BCUT2D eigenvalue weighted by molar-refractivity contribution is -0.131. The molecule has 0 saturated heterocycles. The Balaban J connectivity index is 2.35. The summed E-state index contributed by atoms with van der Waals surface area (Å²) >= 11 is 0. The predicted molar refractivity (Wildman–Crippen MR) is 71.3 cm³/mol. The Morgan fingerprint density at radius 3 is 2.39 bits per heavy atom. The molecule has 1 aliphatic rings. The smallest absolute Gasteiger partial charge is 0.328 e. The summed E-state index contributed by atoms with van der Waals surface area (Å²) in [4.78, 5) is 11.0. The van der Waals surface area contributed by atoms with Gasteiger partial charge in [0.2, 0.25) is 0 Å². The summed E-state index contributed by atoms with van der Waals surface area (Å²) in [6.07, 6.45) is 1.30. The minimum atomic E-state index is -0.908. The summed E-state index contributed by atoms with van der Waals surface area (Å²) < 4.78 is 0. The Morgan fingerprint density at radius 1 is 1.00 bits per heavy atom. The van der Waals surface area contributed by atoms with Gasteiger partial charge < -0.3 is 5.11 Å². The lowest BCUT2D eigenvalue weighted by Crippen LogP contribution is -1.91. The molecule has 0 spiro atoms. The Kier molecular flexibility index (Phi) is 2.30. The number of carbonyl (C=O) groups is 1. The molecule has 0 bridgehead atoms. The van der Waals surface area contributed by atoms with E-state index in [0.717, 1.165) is 33.4 Å². The molecule has 2 nitrogen and oxygen atoms in total. The second-order valence-electron chi connectivity index (χ2n) is 4.49. The Bertz CT molecular complexity index is 681. The standard InChI is InChI=1S/C16H12O2/c1-10-6-7-13-11-4-2-3-5-12(11)15(9-16(17)18)14(13)8-10/h2-9H,1H3,(H,17,18)/b15-9+. The van der Waals surface area contributed by atoms with E-state index >= 15 is 0 Å². The predicted octanol–water partition coefficient (Wildman–Crippen LogP) is 3.49. The first-order valence-corrected chi connectivity index (χ1v) is 5.82. The van der Waals surface area contributed by atoms with Crippen LogP contribution in [0.25, 0.3) is 16.7 Å². The van der Waals surface area contributed by atoms with Gasteiger partial charge in [0.1, 0.15) is 0 Å². The quantitative estimate of drug-likeness (QED) is 0.657. The summed E-state index contributed by atoms with van der Waals surface area (Å²) in [6.45, 7) is 2.02. The highest BCUT2D eigenvalue weighted by Crippen LogP contribution is 2.44. The summed E-state index contributed by atoms with van der Waals surface area (Å²) in [5, 5.41) is 9.02. The summed E-state index contributed by atoms with van der Waals surface area (Å²) in [5.41, 5.74) is 6.18. The zero-order valence-electron chi connectivity index (χ0n) is 9.97. The highest BCUT2D eigenvalue weighted by Gasteiger charge is 2.23. The van der Waals surface area contributed by atoms with Gasteiger partial charge in [-0.05, 0) is 34.8 Å². The first-order valence-electron chi connectivity index (χ1n) is 5.82. The van der Waals surface area contributed by atoms with E-state index in [1.165, 1.54) is 6.08 Å². The van der Waals surface area contributed by atoms with Crippen LogP contribution in [-0.4, -0.2) is 11.1 Å². The molecule has 0 amide bonds. The van der Waals surface area contributed by atoms with Gasteiger partial charge in [0.05, 0.1) is 0 Å². The summed E-state index contributed by atoms with van der Waals surface area (Å²) in [7, 11) is 0. The van der Waals surface area contributed by atoms with Gasteiger partial charge >= 0.3 is 5.97 Å². The second kappa shape index (κ2) is 3.84. The third kappa shape index (κ3) is 1.54. The van der Waals surface area contributed by atoms with Crippen LogP contribution in [0, 0.1) is 6.92 Å². The van der Waals surface area contributed by atoms with Crippen LogP contribution >= 0.6 is 0 Å². The first kappa shape index (κ1) is 10.8. The third-order valence-corrected chi connectivity index (χ3v) is 3.24. The van der Waals surface area contributed by atoms with Crippen LogP contribution < -0.4 is 0 Å². The van der Waals surface area contributed by atoms with Crippen LogP contribution in [0.5, 0.6) is 0 Å². The number of carboxylic acids is 1. The van der Waals surface area contributed by atoms with Crippen molar-refractivity contribution in [1.82, 2.24) is 0 Å². The monoisotopic (exact) mass is 236 g/mol. The maximum atomic E-state index is 11.0. The van der Waals surface area contributed by atoms with Crippen molar-refractivity contribution >= 4 is 11.5 Å². The number of aryl methyl sites for hydroxylation is 1. The Morgan fingerprint density at radius 2 is 1.67 bits per heavy atom. The first-order chi connectivity index (χ1) is 8.66. The molecule has 88 valence electrons. The third-order valence-electron chi connectivity index (χ3n) is 3.24. The summed E-state index contributed by atoms with van der Waals surface area (Å²) in [5.74, 6) is -0.908. The fourth-order valence-electron chi connectivity index (χ4n) is 2.49. The van der Waals surface area contributed by atoms with Gasteiger partial charge in [-0.1, -0.05) is 48.0 Å². The van der Waals surface area contributed by atoms with Crippen molar-refractivity contribution in [2.24, 2.45) is 0 Å². The normalized spacial score (nSPS) is 14.4. The number of carboxylic acid groups (broad SMARTS) is 1. The van der Waals surface area contributed by atoms with Crippen LogP contribution in [0.1, 0.15) is 16.7 Å². The Labute approximate surface area is 105 Å². The fraction of sp³-hybridized carbons (Fsp3) is 0.0625. The van der Waals surface area contributed by atoms with Crippen LogP contribution in [0.2, 0.25) is 0 Å². The minimum Gasteiger partial charge on any atom is -0.478 e. The lowest BCUT2D eigenvalue weighted by atomic mass is 10.0. The molecule has 0 saturated carbocycles. The minimum absolute atomic E-state index is 0.803. The van der Waals surface area contributed by atoms with Crippen molar-refractivity contribution in [1.29, 1.82) is 0 Å². The molecule has 0 atom stereocenters. The molecule has 2 heteroatoms. The van der Waals surface area contributed by atoms with E-state index in [4.69, 9.17) is 5.11 Å². The van der Waals surface area contributed by atoms with Crippen molar-refractivity contribution in [3.05, 3.63) is 65.2 Å². The van der Waals surface area contributed by atoms with Crippen molar-refractivity contribution in [2.45, 2.75) is 6.92 Å². The van der Waals surface area contributed by atoms with Gasteiger partial charge in [-0.15, -0.1) is 0 Å². The zero-order chi connectivity index (χ0) is 12.7. The highest BCUT2D eigenvalue weighted by atomic mass is 16.4. The van der Waals surface area contributed by atoms with Crippen LogP contribution in [0.4, 0.5) is 0 Å². The van der Waals surface area contributed by atoms with Crippen molar-refractivity contribution in [3.8, 4) is 11.1 Å². The molecule has 1 N–H and O–H groups in total. The second-order valence-corrected chi connectivity index (χ2v) is 4.49. The molecule has 1 aliphatic carbocycles. The molecule has 0 fully saturated rings. The van der Waals surface area contributed by atoms with Gasteiger partial charge in [-0.3, -0.25) is 0 Å². The molecule has 0 aliphatic heterocycles. The number of rotatable bonds is 1. The van der Waals surface area contributed by atoms with Crippen molar-refractivity contribution in [3.63, 3.8) is 0 Å². The maximum absolute atomic E-state index is 11.0. The van der Waals surface area contributed by atoms with Crippen LogP contribution in [-0.2, 0) is 4.79 Å². The maximum Gasteiger partial charge on any atom is 0.328 e. The van der Waals surface area contributed by atoms with E-state index in [0.29, 0.717) is 0 Å². The van der Waals surface area contributed by atoms with Crippen molar-refractivity contribution < 1.29 is 9.90 Å². The van der Waals surface area contributed by atoms with E-state index in [1.54, 1.807) is 0 Å². The molecule has 2 aromatic rings. The number of benzene rings is 2. The summed E-state index contributed by atoms with van der Waals surface area (Å²) in [6, 6.07) is 14.1. The van der Waals surface area contributed by atoms with Crippen LogP contribution in [0.3, 0.4) is 0 Å². The number of hydrogen-bond acceptors (Lipinski definition) is 1. The van der Waals surface area contributed by atoms with E-state index in [9.17, 15) is 4.79 Å². The zero-order valence-corrected chi connectivity index (χ0v) is 9.97. The molecule has 0 unspecified atom stereocenters. The highest BCUT2D eigenvalue weighted by molar-refractivity contribution is 6.06. The molecule has 3 rings (SSSR count). The number of fused-ring (bicyclic) bond motifs is 3. The van der Waals surface area contributed by atoms with Gasteiger partial charge in [0, 0.05) is 6.08 Å². The molecule has 0 heterocycles.